The maximum absolute atomic E-state index is 13.1. The van der Waals surface area contributed by atoms with Gasteiger partial charge in [-0.05, 0) is 52.9 Å². The average Bonchev–Trinajstić information content (AvgIpc) is 2.67. The molecule has 16 heavy (non-hydrogen) atoms. The van der Waals surface area contributed by atoms with E-state index in [-0.39, 0.29) is 11.9 Å². The van der Waals surface area contributed by atoms with Gasteiger partial charge in [0.25, 0.3) is 0 Å². The molecular weight excluding hydrogens is 221 g/mol. The molecule has 0 amide bonds. The molecule has 0 radical (unpaired) electrons. The van der Waals surface area contributed by atoms with Crippen LogP contribution in [0.25, 0.3) is 0 Å². The molecule has 0 saturated heterocycles. The molecule has 1 atom stereocenters. The predicted molar refractivity (Wildman–Crippen MR) is 66.2 cm³/mol. The van der Waals surface area contributed by atoms with E-state index in [0.717, 1.165) is 11.1 Å². The number of thiophene rings is 1. The molecule has 1 heterocycles. The van der Waals surface area contributed by atoms with E-state index in [1.54, 1.807) is 24.3 Å². The Morgan fingerprint density at radius 1 is 1.19 bits per heavy atom. The molecular formula is C13H14FNS. The molecule has 1 aromatic carbocycles. The highest BCUT2D eigenvalue weighted by atomic mass is 32.1. The van der Waals surface area contributed by atoms with Gasteiger partial charge in [0.2, 0.25) is 0 Å². The Bertz CT molecular complexity index is 504. The lowest BCUT2D eigenvalue weighted by Crippen LogP contribution is -2.12. The van der Waals surface area contributed by atoms with Crippen molar-refractivity contribution < 1.29 is 4.39 Å². The Morgan fingerprint density at radius 3 is 2.50 bits per heavy atom. The summed E-state index contributed by atoms with van der Waals surface area (Å²) in [7, 11) is 0. The number of benzene rings is 1. The zero-order valence-electron chi connectivity index (χ0n) is 9.33. The van der Waals surface area contributed by atoms with Crippen molar-refractivity contribution in [1.29, 1.82) is 0 Å². The summed E-state index contributed by atoms with van der Waals surface area (Å²) in [5.74, 6) is -0.182. The summed E-state index contributed by atoms with van der Waals surface area (Å²) in [6.45, 7) is 3.80. The van der Waals surface area contributed by atoms with Gasteiger partial charge in [0.1, 0.15) is 5.82 Å². The van der Waals surface area contributed by atoms with Crippen LogP contribution in [0.5, 0.6) is 0 Å². The van der Waals surface area contributed by atoms with Crippen LogP contribution < -0.4 is 5.73 Å². The summed E-state index contributed by atoms with van der Waals surface area (Å²) in [4.78, 5) is 0. The van der Waals surface area contributed by atoms with Gasteiger partial charge in [0.05, 0.1) is 6.04 Å². The Morgan fingerprint density at radius 2 is 1.94 bits per heavy atom. The summed E-state index contributed by atoms with van der Waals surface area (Å²) < 4.78 is 13.1. The molecule has 2 aromatic rings. The van der Waals surface area contributed by atoms with E-state index in [9.17, 15) is 4.39 Å². The second-order valence-electron chi connectivity index (χ2n) is 4.00. The maximum Gasteiger partial charge on any atom is 0.126 e. The minimum absolute atomic E-state index is 0.162. The standard InChI is InChI=1S/C13H14FNS/c1-8-5-10(3-4-12(8)14)13(15)11-7-16-6-9(11)2/h3-7,13H,15H2,1-2H3. The summed E-state index contributed by atoms with van der Waals surface area (Å²) in [5, 5.41) is 4.13. The number of halogens is 1. The number of nitrogens with two attached hydrogens (primary N) is 1. The van der Waals surface area contributed by atoms with Gasteiger partial charge in [-0.2, -0.15) is 11.3 Å². The molecule has 0 saturated carbocycles. The van der Waals surface area contributed by atoms with Crippen LogP contribution in [0, 0.1) is 19.7 Å². The third-order valence-electron chi connectivity index (χ3n) is 2.77. The first kappa shape index (κ1) is 11.3. The molecule has 1 nitrogen and oxygen atoms in total. The summed E-state index contributed by atoms with van der Waals surface area (Å²) in [5.41, 5.74) is 10.1. The van der Waals surface area contributed by atoms with E-state index in [4.69, 9.17) is 5.73 Å². The average molecular weight is 235 g/mol. The smallest absolute Gasteiger partial charge is 0.126 e. The van der Waals surface area contributed by atoms with E-state index >= 15 is 0 Å². The first-order valence-corrected chi connectivity index (χ1v) is 6.08. The lowest BCUT2D eigenvalue weighted by molar-refractivity contribution is 0.617. The van der Waals surface area contributed by atoms with Gasteiger partial charge in [-0.3, -0.25) is 0 Å². The van der Waals surface area contributed by atoms with Crippen LogP contribution in [0.3, 0.4) is 0 Å². The third-order valence-corrected chi connectivity index (χ3v) is 3.65. The molecule has 0 spiro atoms. The maximum atomic E-state index is 13.1. The van der Waals surface area contributed by atoms with E-state index in [0.29, 0.717) is 5.56 Å². The van der Waals surface area contributed by atoms with Gasteiger partial charge in [0.15, 0.2) is 0 Å². The van der Waals surface area contributed by atoms with Crippen molar-refractivity contribution in [3.8, 4) is 0 Å². The molecule has 3 heteroatoms. The van der Waals surface area contributed by atoms with E-state index in [1.807, 2.05) is 13.0 Å². The molecule has 2 N–H and O–H groups in total. The zero-order chi connectivity index (χ0) is 11.7. The van der Waals surface area contributed by atoms with Gasteiger partial charge in [-0.1, -0.05) is 12.1 Å². The first-order valence-electron chi connectivity index (χ1n) is 5.14. The van der Waals surface area contributed by atoms with Crippen molar-refractivity contribution in [2.75, 3.05) is 0 Å². The van der Waals surface area contributed by atoms with Crippen molar-refractivity contribution in [2.45, 2.75) is 19.9 Å². The topological polar surface area (TPSA) is 26.0 Å². The van der Waals surface area contributed by atoms with Gasteiger partial charge in [-0.15, -0.1) is 0 Å². The Labute approximate surface area is 98.7 Å². The molecule has 1 unspecified atom stereocenters. The SMILES string of the molecule is Cc1cc(C(N)c2cscc2C)ccc1F. The second-order valence-corrected chi connectivity index (χ2v) is 4.74. The lowest BCUT2D eigenvalue weighted by Gasteiger charge is -2.13. The molecule has 2 rings (SSSR count). The predicted octanol–water partition coefficient (Wildman–Crippen LogP) is 3.55. The quantitative estimate of drug-likeness (QED) is 0.846. The number of hydrogen-bond acceptors (Lipinski definition) is 2. The minimum Gasteiger partial charge on any atom is -0.320 e. The van der Waals surface area contributed by atoms with E-state index < -0.39 is 0 Å². The fourth-order valence-electron chi connectivity index (χ4n) is 1.73. The molecule has 0 aliphatic heterocycles. The highest BCUT2D eigenvalue weighted by Gasteiger charge is 2.13. The number of aryl methyl sites for hydroxylation is 2. The van der Waals surface area contributed by atoms with Crippen molar-refractivity contribution in [1.82, 2.24) is 0 Å². The molecule has 1 aromatic heterocycles. The monoisotopic (exact) mass is 235 g/mol. The lowest BCUT2D eigenvalue weighted by atomic mass is 9.98. The van der Waals surface area contributed by atoms with Gasteiger partial charge in [0, 0.05) is 0 Å². The molecule has 0 bridgehead atoms. The van der Waals surface area contributed by atoms with Crippen LogP contribution in [-0.2, 0) is 0 Å². The molecule has 0 aliphatic carbocycles. The Kier molecular flexibility index (Phi) is 3.08. The van der Waals surface area contributed by atoms with Crippen molar-refractivity contribution >= 4 is 11.3 Å². The highest BCUT2D eigenvalue weighted by molar-refractivity contribution is 7.08. The number of rotatable bonds is 2. The van der Waals surface area contributed by atoms with Gasteiger partial charge in [-0.25, -0.2) is 4.39 Å². The van der Waals surface area contributed by atoms with Crippen LogP contribution in [0.2, 0.25) is 0 Å². The normalized spacial score (nSPS) is 12.8. The van der Waals surface area contributed by atoms with Crippen molar-refractivity contribution in [3.05, 3.63) is 57.0 Å². The van der Waals surface area contributed by atoms with E-state index in [2.05, 4.69) is 10.8 Å². The van der Waals surface area contributed by atoms with Crippen LogP contribution in [0.4, 0.5) is 4.39 Å². The van der Waals surface area contributed by atoms with Crippen LogP contribution in [-0.4, -0.2) is 0 Å². The molecule has 84 valence electrons. The minimum atomic E-state index is -0.182. The zero-order valence-corrected chi connectivity index (χ0v) is 10.1. The second kappa shape index (κ2) is 4.36. The molecule has 0 aliphatic rings. The van der Waals surface area contributed by atoms with Crippen LogP contribution >= 0.6 is 11.3 Å². The van der Waals surface area contributed by atoms with Gasteiger partial charge >= 0.3 is 0 Å². The number of hydrogen-bond donors (Lipinski definition) is 1. The van der Waals surface area contributed by atoms with Gasteiger partial charge < -0.3 is 5.73 Å². The van der Waals surface area contributed by atoms with Crippen molar-refractivity contribution in [2.24, 2.45) is 5.73 Å². The van der Waals surface area contributed by atoms with Crippen molar-refractivity contribution in [3.63, 3.8) is 0 Å². The molecule has 0 fully saturated rings. The van der Waals surface area contributed by atoms with E-state index in [1.165, 1.54) is 11.6 Å². The Balaban J connectivity index is 2.38. The third kappa shape index (κ3) is 2.01. The van der Waals surface area contributed by atoms with Crippen LogP contribution in [0.1, 0.15) is 28.3 Å². The first-order chi connectivity index (χ1) is 7.59. The summed E-state index contributed by atoms with van der Waals surface area (Å²) >= 11 is 1.64. The largest absolute Gasteiger partial charge is 0.320 e. The fourth-order valence-corrected chi connectivity index (χ4v) is 2.62. The Hall–Kier alpha value is -1.19. The van der Waals surface area contributed by atoms with Crippen LogP contribution in [0.15, 0.2) is 29.0 Å². The summed E-state index contributed by atoms with van der Waals surface area (Å²) in [6, 6.07) is 4.89. The fraction of sp³-hybridized carbons (Fsp3) is 0.231. The summed E-state index contributed by atoms with van der Waals surface area (Å²) in [6.07, 6.45) is 0. The highest BCUT2D eigenvalue weighted by Crippen LogP contribution is 2.26.